The summed E-state index contributed by atoms with van der Waals surface area (Å²) in [6, 6.07) is 2.71. The molecule has 6 heteroatoms. The molecule has 6 nitrogen and oxygen atoms in total. The second-order valence-electron chi connectivity index (χ2n) is 6.69. The van der Waals surface area contributed by atoms with Crippen LogP contribution in [0.2, 0.25) is 0 Å². The van der Waals surface area contributed by atoms with Crippen LogP contribution < -0.4 is 5.32 Å². The van der Waals surface area contributed by atoms with Crippen molar-refractivity contribution in [1.29, 1.82) is 0 Å². The van der Waals surface area contributed by atoms with Crippen molar-refractivity contribution < 1.29 is 4.79 Å². The highest BCUT2D eigenvalue weighted by atomic mass is 16.2. The van der Waals surface area contributed by atoms with Crippen molar-refractivity contribution in [3.8, 4) is 0 Å². The minimum absolute atomic E-state index is 0.0778. The highest BCUT2D eigenvalue weighted by Gasteiger charge is 2.27. The van der Waals surface area contributed by atoms with Crippen molar-refractivity contribution in [2.24, 2.45) is 0 Å². The molecule has 2 unspecified atom stereocenters. The van der Waals surface area contributed by atoms with E-state index < -0.39 is 0 Å². The molecule has 2 saturated heterocycles. The fourth-order valence-corrected chi connectivity index (χ4v) is 3.44. The minimum Gasteiger partial charge on any atom is -0.336 e. The molecule has 0 bridgehead atoms. The number of carbonyl (C=O) groups excluding carboxylic acids is 1. The average Bonchev–Trinajstić information content (AvgIpc) is 3.05. The molecule has 3 heterocycles. The van der Waals surface area contributed by atoms with Gasteiger partial charge in [-0.25, -0.2) is 0 Å². The van der Waals surface area contributed by atoms with Crippen molar-refractivity contribution in [3.63, 3.8) is 0 Å². The number of aromatic nitrogens is 2. The minimum atomic E-state index is 0.0778. The SMILES string of the molecule is CN(C)C1CCCN(C(=O)c2ccn(C3CCCNC3)n2)C1. The van der Waals surface area contributed by atoms with Gasteiger partial charge in [-0.2, -0.15) is 5.10 Å². The molecule has 1 aromatic rings. The Morgan fingerprint density at radius 1 is 1.36 bits per heavy atom. The molecular formula is C16H27N5O. The summed E-state index contributed by atoms with van der Waals surface area (Å²) in [6.07, 6.45) is 6.50. The molecule has 2 fully saturated rings. The second kappa shape index (κ2) is 6.79. The number of likely N-dealkylation sites (tertiary alicyclic amines) is 1. The van der Waals surface area contributed by atoms with E-state index in [1.165, 1.54) is 12.8 Å². The van der Waals surface area contributed by atoms with E-state index in [-0.39, 0.29) is 5.91 Å². The van der Waals surface area contributed by atoms with Crippen LogP contribution in [0, 0.1) is 0 Å². The molecule has 22 heavy (non-hydrogen) atoms. The quantitative estimate of drug-likeness (QED) is 0.904. The van der Waals surface area contributed by atoms with Gasteiger partial charge in [0.2, 0.25) is 0 Å². The Kier molecular flexibility index (Phi) is 4.78. The Morgan fingerprint density at radius 3 is 2.95 bits per heavy atom. The molecule has 3 rings (SSSR count). The van der Waals surface area contributed by atoms with Crippen LogP contribution in [-0.2, 0) is 0 Å². The summed E-state index contributed by atoms with van der Waals surface area (Å²) in [6.45, 7) is 3.69. The van der Waals surface area contributed by atoms with Gasteiger partial charge in [-0.3, -0.25) is 9.48 Å². The van der Waals surface area contributed by atoms with E-state index in [1.807, 2.05) is 21.8 Å². The number of likely N-dealkylation sites (N-methyl/N-ethyl adjacent to an activating group) is 1. The van der Waals surface area contributed by atoms with E-state index in [2.05, 4.69) is 29.4 Å². The third kappa shape index (κ3) is 3.33. The van der Waals surface area contributed by atoms with E-state index in [0.29, 0.717) is 17.8 Å². The highest BCUT2D eigenvalue weighted by molar-refractivity contribution is 5.92. The summed E-state index contributed by atoms with van der Waals surface area (Å²) >= 11 is 0. The fraction of sp³-hybridized carbons (Fsp3) is 0.750. The highest BCUT2D eigenvalue weighted by Crippen LogP contribution is 2.18. The number of nitrogens with one attached hydrogen (secondary N) is 1. The lowest BCUT2D eigenvalue weighted by atomic mass is 10.0. The number of carbonyl (C=O) groups is 1. The van der Waals surface area contributed by atoms with Crippen LogP contribution in [-0.4, -0.2) is 71.8 Å². The first-order chi connectivity index (χ1) is 10.6. The van der Waals surface area contributed by atoms with Gasteiger partial charge in [0.1, 0.15) is 5.69 Å². The average molecular weight is 305 g/mol. The van der Waals surface area contributed by atoms with Gasteiger partial charge >= 0.3 is 0 Å². The predicted octanol–water partition coefficient (Wildman–Crippen LogP) is 0.974. The maximum atomic E-state index is 12.7. The van der Waals surface area contributed by atoms with Gasteiger partial charge in [0.15, 0.2) is 0 Å². The van der Waals surface area contributed by atoms with Crippen LogP contribution in [0.25, 0.3) is 0 Å². The Labute approximate surface area is 132 Å². The molecular weight excluding hydrogens is 278 g/mol. The van der Waals surface area contributed by atoms with Gasteiger partial charge in [-0.15, -0.1) is 0 Å². The molecule has 0 aromatic carbocycles. The first-order valence-corrected chi connectivity index (χ1v) is 8.36. The summed E-state index contributed by atoms with van der Waals surface area (Å²) in [5.41, 5.74) is 0.588. The van der Waals surface area contributed by atoms with Crippen LogP contribution in [0.5, 0.6) is 0 Å². The van der Waals surface area contributed by atoms with Gasteiger partial charge in [-0.05, 0) is 52.4 Å². The number of nitrogens with zero attached hydrogens (tertiary/aromatic N) is 4. The van der Waals surface area contributed by atoms with E-state index in [4.69, 9.17) is 0 Å². The summed E-state index contributed by atoms with van der Waals surface area (Å²) < 4.78 is 1.97. The molecule has 2 atom stereocenters. The maximum absolute atomic E-state index is 12.7. The van der Waals surface area contributed by atoms with Crippen LogP contribution >= 0.6 is 0 Å². The largest absolute Gasteiger partial charge is 0.336 e. The molecule has 2 aliphatic heterocycles. The topological polar surface area (TPSA) is 53.4 Å². The summed E-state index contributed by atoms with van der Waals surface area (Å²) in [5, 5.41) is 7.94. The predicted molar refractivity (Wildman–Crippen MR) is 86.0 cm³/mol. The summed E-state index contributed by atoms with van der Waals surface area (Å²) in [5.74, 6) is 0.0778. The standard InChI is InChI=1S/C16H27N5O/c1-19(2)14-6-4-9-20(12-14)16(22)15-7-10-21(18-15)13-5-3-8-17-11-13/h7,10,13-14,17H,3-6,8-9,11-12H2,1-2H3. The molecule has 1 N–H and O–H groups in total. The molecule has 1 amide bonds. The van der Waals surface area contributed by atoms with Crippen molar-refractivity contribution in [2.45, 2.75) is 37.8 Å². The van der Waals surface area contributed by atoms with Crippen LogP contribution in [0.3, 0.4) is 0 Å². The first-order valence-electron chi connectivity index (χ1n) is 8.36. The van der Waals surface area contributed by atoms with Gasteiger partial charge in [0.25, 0.3) is 5.91 Å². The van der Waals surface area contributed by atoms with Crippen molar-refractivity contribution >= 4 is 5.91 Å². The second-order valence-corrected chi connectivity index (χ2v) is 6.69. The zero-order chi connectivity index (χ0) is 15.5. The number of hydrogen-bond acceptors (Lipinski definition) is 4. The van der Waals surface area contributed by atoms with Crippen LogP contribution in [0.1, 0.15) is 42.2 Å². The van der Waals surface area contributed by atoms with E-state index >= 15 is 0 Å². The van der Waals surface area contributed by atoms with Gasteiger partial charge in [0, 0.05) is 31.9 Å². The van der Waals surface area contributed by atoms with Crippen LogP contribution in [0.4, 0.5) is 0 Å². The third-order valence-electron chi connectivity index (χ3n) is 4.89. The molecule has 0 saturated carbocycles. The van der Waals surface area contributed by atoms with E-state index in [0.717, 1.165) is 39.0 Å². The van der Waals surface area contributed by atoms with Crippen molar-refractivity contribution in [2.75, 3.05) is 40.3 Å². The van der Waals surface area contributed by atoms with Gasteiger partial charge < -0.3 is 15.1 Å². The molecule has 0 aliphatic carbocycles. The number of rotatable bonds is 3. The van der Waals surface area contributed by atoms with Gasteiger partial charge in [0.05, 0.1) is 6.04 Å². The lowest BCUT2D eigenvalue weighted by Crippen LogP contribution is -2.47. The Balaban J connectivity index is 1.66. The third-order valence-corrected chi connectivity index (χ3v) is 4.89. The maximum Gasteiger partial charge on any atom is 0.274 e. The summed E-state index contributed by atoms with van der Waals surface area (Å²) in [7, 11) is 4.17. The fourth-order valence-electron chi connectivity index (χ4n) is 3.44. The van der Waals surface area contributed by atoms with E-state index in [1.54, 1.807) is 0 Å². The first kappa shape index (κ1) is 15.5. The van der Waals surface area contributed by atoms with Crippen molar-refractivity contribution in [1.82, 2.24) is 24.9 Å². The molecule has 0 spiro atoms. The molecule has 0 radical (unpaired) electrons. The molecule has 122 valence electrons. The molecule has 1 aromatic heterocycles. The zero-order valence-electron chi connectivity index (χ0n) is 13.7. The Morgan fingerprint density at radius 2 is 2.23 bits per heavy atom. The number of hydrogen-bond donors (Lipinski definition) is 1. The monoisotopic (exact) mass is 305 g/mol. The van der Waals surface area contributed by atoms with Crippen LogP contribution in [0.15, 0.2) is 12.3 Å². The van der Waals surface area contributed by atoms with E-state index in [9.17, 15) is 4.79 Å². The zero-order valence-corrected chi connectivity index (χ0v) is 13.7. The Bertz CT molecular complexity index is 506. The summed E-state index contributed by atoms with van der Waals surface area (Å²) in [4.78, 5) is 16.9. The normalized spacial score (nSPS) is 26.4. The lowest BCUT2D eigenvalue weighted by molar-refractivity contribution is 0.0628. The molecule has 2 aliphatic rings. The van der Waals surface area contributed by atoms with Gasteiger partial charge in [-0.1, -0.05) is 0 Å². The van der Waals surface area contributed by atoms with Crippen molar-refractivity contribution in [3.05, 3.63) is 18.0 Å². The lowest BCUT2D eigenvalue weighted by Gasteiger charge is -2.35. The Hall–Kier alpha value is -1.40. The number of amides is 1. The smallest absolute Gasteiger partial charge is 0.274 e. The number of piperidine rings is 2.